The quantitative estimate of drug-likeness (QED) is 0.514. The molecule has 0 aliphatic carbocycles. The van der Waals surface area contributed by atoms with Gasteiger partial charge in [0.2, 0.25) is 5.95 Å². The molecule has 2 N–H and O–H groups in total. The van der Waals surface area contributed by atoms with E-state index in [9.17, 15) is 18.0 Å². The zero-order valence-electron chi connectivity index (χ0n) is 15.3. The minimum Gasteiger partial charge on any atom is -0.466 e. The fourth-order valence-electron chi connectivity index (χ4n) is 1.93. The Morgan fingerprint density at radius 2 is 1.64 bits per heavy atom. The third-order valence-corrected chi connectivity index (χ3v) is 4.66. The molecule has 0 bridgehead atoms. The van der Waals surface area contributed by atoms with Crippen LogP contribution in [-0.2, 0) is 29.1 Å². The van der Waals surface area contributed by atoms with Gasteiger partial charge in [0.05, 0.1) is 25.2 Å². The number of hydrogen-bond donors (Lipinski definition) is 2. The van der Waals surface area contributed by atoms with E-state index in [1.54, 1.807) is 6.92 Å². The average Bonchev–Trinajstić information content (AvgIpc) is 2.68. The highest BCUT2D eigenvalue weighted by atomic mass is 32.2. The first-order valence-corrected chi connectivity index (χ1v) is 9.30. The van der Waals surface area contributed by atoms with E-state index in [1.807, 2.05) is 0 Å². The van der Waals surface area contributed by atoms with Gasteiger partial charge in [0.25, 0.3) is 10.0 Å². The minimum atomic E-state index is -3.90. The molecule has 0 amide bonds. The zero-order chi connectivity index (χ0) is 20.7. The van der Waals surface area contributed by atoms with Crippen molar-refractivity contribution in [3.05, 3.63) is 54.0 Å². The lowest BCUT2D eigenvalue weighted by molar-refractivity contribution is -0.138. The van der Waals surface area contributed by atoms with Crippen LogP contribution in [-0.4, -0.2) is 44.5 Å². The molecule has 0 unspecified atom stereocenters. The molecule has 148 valence electrons. The molecule has 0 aliphatic heterocycles. The monoisotopic (exact) mass is 406 g/mol. The van der Waals surface area contributed by atoms with E-state index in [0.717, 1.165) is 25.9 Å². The summed E-state index contributed by atoms with van der Waals surface area (Å²) >= 11 is 0. The topological polar surface area (TPSA) is 137 Å². The third kappa shape index (κ3) is 5.51. The molecule has 11 heteroatoms. The lowest BCUT2D eigenvalue weighted by Crippen LogP contribution is -2.16. The predicted octanol–water partition coefficient (Wildman–Crippen LogP) is 1.23. The van der Waals surface area contributed by atoms with Crippen LogP contribution in [0.3, 0.4) is 0 Å². The van der Waals surface area contributed by atoms with Crippen molar-refractivity contribution in [2.75, 3.05) is 24.3 Å². The van der Waals surface area contributed by atoms with Crippen LogP contribution in [0.25, 0.3) is 0 Å². The molecule has 28 heavy (non-hydrogen) atoms. The summed E-state index contributed by atoms with van der Waals surface area (Å²) < 4.78 is 36.1. The standard InChI is InChI=1S/C17H18N4O6S/c1-11-9-18-17(19-10-11)21-28(24,25)13-6-4-12(5-7-13)20-14(16(23)27-3)8-15(22)26-2/h4-10,20H,1-3H3,(H,18,19,21)/b14-8+. The summed E-state index contributed by atoms with van der Waals surface area (Å²) in [5, 5.41) is 2.68. The summed E-state index contributed by atoms with van der Waals surface area (Å²) in [4.78, 5) is 30.9. The van der Waals surface area contributed by atoms with Gasteiger partial charge in [-0.2, -0.15) is 0 Å². The number of aryl methyl sites for hydroxylation is 1. The molecule has 2 aromatic rings. The second-order valence-electron chi connectivity index (χ2n) is 5.41. The lowest BCUT2D eigenvalue weighted by atomic mass is 10.3. The van der Waals surface area contributed by atoms with E-state index in [-0.39, 0.29) is 16.5 Å². The van der Waals surface area contributed by atoms with Crippen LogP contribution in [0.1, 0.15) is 5.56 Å². The number of carbonyl (C=O) groups excluding carboxylic acids is 2. The Labute approximate surface area is 161 Å². The number of nitrogens with zero attached hydrogens (tertiary/aromatic N) is 2. The van der Waals surface area contributed by atoms with Crippen molar-refractivity contribution in [3.8, 4) is 0 Å². The predicted molar refractivity (Wildman–Crippen MR) is 99.8 cm³/mol. The molecular formula is C17H18N4O6S. The number of hydrogen-bond acceptors (Lipinski definition) is 9. The molecule has 2 rings (SSSR count). The van der Waals surface area contributed by atoms with Crippen LogP contribution >= 0.6 is 0 Å². The number of anilines is 2. The van der Waals surface area contributed by atoms with E-state index < -0.39 is 22.0 Å². The molecule has 0 spiro atoms. The molecule has 0 saturated heterocycles. The van der Waals surface area contributed by atoms with E-state index in [4.69, 9.17) is 0 Å². The number of nitrogens with one attached hydrogen (secondary N) is 2. The van der Waals surface area contributed by atoms with Crippen LogP contribution in [0.4, 0.5) is 11.6 Å². The van der Waals surface area contributed by atoms with Gasteiger partial charge in [-0.25, -0.2) is 32.7 Å². The Morgan fingerprint density at radius 1 is 1.04 bits per heavy atom. The Balaban J connectivity index is 2.19. The van der Waals surface area contributed by atoms with Crippen LogP contribution in [0.2, 0.25) is 0 Å². The average molecular weight is 406 g/mol. The normalized spacial score (nSPS) is 11.5. The van der Waals surface area contributed by atoms with Crippen molar-refractivity contribution in [2.24, 2.45) is 0 Å². The van der Waals surface area contributed by atoms with Gasteiger partial charge >= 0.3 is 11.9 Å². The number of esters is 2. The van der Waals surface area contributed by atoms with Gasteiger partial charge in [-0.15, -0.1) is 0 Å². The van der Waals surface area contributed by atoms with Crippen LogP contribution < -0.4 is 10.0 Å². The van der Waals surface area contributed by atoms with Crippen molar-refractivity contribution in [2.45, 2.75) is 11.8 Å². The Bertz CT molecular complexity index is 985. The Hall–Kier alpha value is -3.47. The largest absolute Gasteiger partial charge is 0.466 e. The molecule has 0 fully saturated rings. The van der Waals surface area contributed by atoms with Crippen molar-refractivity contribution >= 4 is 33.6 Å². The maximum absolute atomic E-state index is 12.4. The highest BCUT2D eigenvalue weighted by molar-refractivity contribution is 7.92. The first-order chi connectivity index (χ1) is 13.2. The van der Waals surface area contributed by atoms with Crippen LogP contribution in [0, 0.1) is 6.92 Å². The van der Waals surface area contributed by atoms with Gasteiger partial charge in [-0.05, 0) is 36.8 Å². The summed E-state index contributed by atoms with van der Waals surface area (Å²) in [7, 11) is -1.58. The highest BCUT2D eigenvalue weighted by Crippen LogP contribution is 2.18. The lowest BCUT2D eigenvalue weighted by Gasteiger charge is -2.10. The molecule has 1 aromatic carbocycles. The van der Waals surface area contributed by atoms with Gasteiger partial charge in [0, 0.05) is 18.1 Å². The van der Waals surface area contributed by atoms with Gasteiger partial charge in [0.1, 0.15) is 5.70 Å². The van der Waals surface area contributed by atoms with E-state index in [0.29, 0.717) is 5.69 Å². The summed E-state index contributed by atoms with van der Waals surface area (Å²) in [6, 6.07) is 5.45. The number of benzene rings is 1. The molecule has 1 aromatic heterocycles. The maximum Gasteiger partial charge on any atom is 0.354 e. The molecule has 1 heterocycles. The SMILES string of the molecule is COC(=O)/C=C(/Nc1ccc(S(=O)(=O)Nc2ncc(C)cn2)cc1)C(=O)OC. The molecule has 0 saturated carbocycles. The Morgan fingerprint density at radius 3 is 2.18 bits per heavy atom. The smallest absolute Gasteiger partial charge is 0.354 e. The summed E-state index contributed by atoms with van der Waals surface area (Å²) in [6.45, 7) is 1.78. The van der Waals surface area contributed by atoms with Crippen LogP contribution in [0.5, 0.6) is 0 Å². The first-order valence-electron chi connectivity index (χ1n) is 7.81. The van der Waals surface area contributed by atoms with Gasteiger partial charge in [0.15, 0.2) is 0 Å². The van der Waals surface area contributed by atoms with Gasteiger partial charge in [-0.1, -0.05) is 0 Å². The number of sulfonamides is 1. The number of carbonyl (C=O) groups is 2. The summed E-state index contributed by atoms with van der Waals surface area (Å²) in [5.74, 6) is -1.60. The molecule has 0 radical (unpaired) electrons. The molecule has 0 aliphatic rings. The first kappa shape index (κ1) is 20.8. The maximum atomic E-state index is 12.4. The van der Waals surface area contributed by atoms with Gasteiger partial charge < -0.3 is 14.8 Å². The second-order valence-corrected chi connectivity index (χ2v) is 7.09. The number of rotatable bonds is 7. The number of ether oxygens (including phenoxy) is 2. The van der Waals surface area contributed by atoms with Crippen molar-refractivity contribution in [1.82, 2.24) is 9.97 Å². The fraction of sp³-hybridized carbons (Fsp3) is 0.176. The van der Waals surface area contributed by atoms with Crippen LogP contribution in [0.15, 0.2) is 53.3 Å². The van der Waals surface area contributed by atoms with E-state index in [1.165, 1.54) is 36.7 Å². The van der Waals surface area contributed by atoms with Crippen molar-refractivity contribution < 1.29 is 27.5 Å². The molecule has 0 atom stereocenters. The van der Waals surface area contributed by atoms with Crippen molar-refractivity contribution in [1.29, 1.82) is 0 Å². The summed E-state index contributed by atoms with van der Waals surface area (Å²) in [6.07, 6.45) is 3.90. The molecular weight excluding hydrogens is 388 g/mol. The van der Waals surface area contributed by atoms with E-state index >= 15 is 0 Å². The third-order valence-electron chi connectivity index (χ3n) is 3.32. The number of aromatic nitrogens is 2. The zero-order valence-corrected chi connectivity index (χ0v) is 16.1. The fourth-order valence-corrected chi connectivity index (χ4v) is 2.89. The Kier molecular flexibility index (Phi) is 6.66. The number of methoxy groups -OCH3 is 2. The second kappa shape index (κ2) is 8.95. The minimum absolute atomic E-state index is 0.0428. The van der Waals surface area contributed by atoms with E-state index in [2.05, 4.69) is 29.5 Å². The van der Waals surface area contributed by atoms with Gasteiger partial charge in [-0.3, -0.25) is 0 Å². The molecule has 10 nitrogen and oxygen atoms in total. The van der Waals surface area contributed by atoms with Crippen molar-refractivity contribution in [3.63, 3.8) is 0 Å². The highest BCUT2D eigenvalue weighted by Gasteiger charge is 2.17. The summed E-state index contributed by atoms with van der Waals surface area (Å²) in [5.41, 5.74) is 0.974.